The van der Waals surface area contributed by atoms with Gasteiger partial charge >= 0.3 is 0 Å². The van der Waals surface area contributed by atoms with Gasteiger partial charge in [0.1, 0.15) is 0 Å². The first-order chi connectivity index (χ1) is 15.9. The van der Waals surface area contributed by atoms with Crippen LogP contribution in [0.25, 0.3) is 38.2 Å². The van der Waals surface area contributed by atoms with Crippen LogP contribution in [0.2, 0.25) is 0 Å². The Labute approximate surface area is 189 Å². The Morgan fingerprint density at radius 3 is 1.66 bits per heavy atom. The van der Waals surface area contributed by atoms with Gasteiger partial charge in [-0.05, 0) is 55.8 Å². The lowest BCUT2D eigenvalue weighted by atomic mass is 9.86. The van der Waals surface area contributed by atoms with Gasteiger partial charge in [-0.1, -0.05) is 121 Å². The van der Waals surface area contributed by atoms with Crippen molar-refractivity contribution in [1.29, 1.82) is 0 Å². The van der Waals surface area contributed by atoms with Crippen LogP contribution in [0.1, 0.15) is 11.1 Å². The van der Waals surface area contributed by atoms with Crippen LogP contribution < -0.4 is 5.73 Å². The summed E-state index contributed by atoms with van der Waals surface area (Å²) in [6.45, 7) is 0. The van der Waals surface area contributed by atoms with E-state index >= 15 is 0 Å². The fourth-order valence-corrected chi connectivity index (χ4v) is 4.51. The standard InChI is InChI=1S/C31H25N/c32-22-25(17-11-14-23-12-3-1-4-13-23)31-28-20-9-7-18-26(28)30(24-15-5-2-6-16-24)27-19-8-10-21-29(27)31/h1-13,15-22H,14,32H2/b17-11-,25-22+. The summed E-state index contributed by atoms with van der Waals surface area (Å²) in [4.78, 5) is 0. The van der Waals surface area contributed by atoms with Crippen LogP contribution >= 0.6 is 0 Å². The van der Waals surface area contributed by atoms with Crippen molar-refractivity contribution in [1.82, 2.24) is 0 Å². The summed E-state index contributed by atoms with van der Waals surface area (Å²) in [5.41, 5.74) is 12.2. The molecule has 1 heteroatoms. The summed E-state index contributed by atoms with van der Waals surface area (Å²) in [6.07, 6.45) is 6.96. The molecule has 5 aromatic rings. The zero-order valence-electron chi connectivity index (χ0n) is 17.9. The molecule has 0 spiro atoms. The van der Waals surface area contributed by atoms with Crippen LogP contribution in [0.3, 0.4) is 0 Å². The predicted molar refractivity (Wildman–Crippen MR) is 138 cm³/mol. The Morgan fingerprint density at radius 1 is 0.594 bits per heavy atom. The lowest BCUT2D eigenvalue weighted by Crippen LogP contribution is -1.95. The van der Waals surface area contributed by atoms with Gasteiger partial charge in [-0.3, -0.25) is 0 Å². The molecule has 0 heterocycles. The smallest absolute Gasteiger partial charge is 0.00179 e. The van der Waals surface area contributed by atoms with E-state index in [-0.39, 0.29) is 0 Å². The first-order valence-electron chi connectivity index (χ1n) is 11.0. The molecule has 0 fully saturated rings. The average Bonchev–Trinajstić information content (AvgIpc) is 2.87. The number of fused-ring (bicyclic) bond motifs is 2. The quantitative estimate of drug-likeness (QED) is 0.232. The molecule has 0 atom stereocenters. The molecule has 5 aromatic carbocycles. The molecule has 0 bridgehead atoms. The van der Waals surface area contributed by atoms with Gasteiger partial charge in [0, 0.05) is 6.20 Å². The predicted octanol–water partition coefficient (Wildman–Crippen LogP) is 7.76. The number of rotatable bonds is 5. The van der Waals surface area contributed by atoms with Gasteiger partial charge in [0.25, 0.3) is 0 Å². The molecule has 0 radical (unpaired) electrons. The average molecular weight is 412 g/mol. The van der Waals surface area contributed by atoms with Crippen LogP contribution in [0.15, 0.2) is 128 Å². The maximum absolute atomic E-state index is 6.20. The van der Waals surface area contributed by atoms with Crippen molar-refractivity contribution < 1.29 is 0 Å². The minimum absolute atomic E-state index is 0.871. The van der Waals surface area contributed by atoms with Gasteiger partial charge in [0.05, 0.1) is 0 Å². The molecule has 32 heavy (non-hydrogen) atoms. The van der Waals surface area contributed by atoms with E-state index in [2.05, 4.69) is 115 Å². The summed E-state index contributed by atoms with van der Waals surface area (Å²) >= 11 is 0. The monoisotopic (exact) mass is 411 g/mol. The van der Waals surface area contributed by atoms with Crippen LogP contribution in [0, 0.1) is 0 Å². The molecule has 1 nitrogen and oxygen atoms in total. The Balaban J connectivity index is 1.73. The molecular formula is C31H25N. The Hall–Kier alpha value is -4.10. The van der Waals surface area contributed by atoms with E-state index in [1.165, 1.54) is 43.8 Å². The number of hydrogen-bond donors (Lipinski definition) is 1. The van der Waals surface area contributed by atoms with E-state index in [0.29, 0.717) is 0 Å². The van der Waals surface area contributed by atoms with Gasteiger partial charge in [-0.25, -0.2) is 0 Å². The van der Waals surface area contributed by atoms with Gasteiger partial charge < -0.3 is 5.73 Å². The van der Waals surface area contributed by atoms with Crippen molar-refractivity contribution in [3.05, 3.63) is 139 Å². The first kappa shape index (κ1) is 19.8. The molecule has 0 aromatic heterocycles. The second-order valence-electron chi connectivity index (χ2n) is 7.92. The lowest BCUT2D eigenvalue weighted by Gasteiger charge is -2.18. The molecule has 0 saturated carbocycles. The minimum atomic E-state index is 0.871. The molecule has 0 aliphatic heterocycles. The summed E-state index contributed by atoms with van der Waals surface area (Å²) < 4.78 is 0. The summed E-state index contributed by atoms with van der Waals surface area (Å²) in [7, 11) is 0. The first-order valence-corrected chi connectivity index (χ1v) is 11.0. The largest absolute Gasteiger partial charge is 0.404 e. The Bertz CT molecular complexity index is 1370. The van der Waals surface area contributed by atoms with E-state index in [0.717, 1.165) is 12.0 Å². The van der Waals surface area contributed by atoms with Crippen molar-refractivity contribution >= 4 is 27.1 Å². The highest BCUT2D eigenvalue weighted by atomic mass is 14.5. The second-order valence-corrected chi connectivity index (χ2v) is 7.92. The fourth-order valence-electron chi connectivity index (χ4n) is 4.51. The highest BCUT2D eigenvalue weighted by molar-refractivity contribution is 6.19. The zero-order chi connectivity index (χ0) is 21.8. The third-order valence-corrected chi connectivity index (χ3v) is 5.96. The van der Waals surface area contributed by atoms with E-state index < -0.39 is 0 Å². The normalized spacial score (nSPS) is 12.1. The van der Waals surface area contributed by atoms with Gasteiger partial charge in [0.15, 0.2) is 0 Å². The van der Waals surface area contributed by atoms with E-state index in [9.17, 15) is 0 Å². The maximum Gasteiger partial charge on any atom is 0.00179 e. The number of hydrogen-bond acceptors (Lipinski definition) is 1. The summed E-state index contributed by atoms with van der Waals surface area (Å²) in [6, 6.07) is 38.4. The van der Waals surface area contributed by atoms with Gasteiger partial charge in [-0.2, -0.15) is 0 Å². The van der Waals surface area contributed by atoms with Crippen LogP contribution in [0.4, 0.5) is 0 Å². The van der Waals surface area contributed by atoms with Gasteiger partial charge in [0.2, 0.25) is 0 Å². The van der Waals surface area contributed by atoms with Crippen LogP contribution in [0.5, 0.6) is 0 Å². The SMILES string of the molecule is N/C=C(\C=C/Cc1ccccc1)c1c2ccccc2c(-c2ccccc2)c2ccccc12. The van der Waals surface area contributed by atoms with Crippen molar-refractivity contribution in [2.75, 3.05) is 0 Å². The molecule has 0 unspecified atom stereocenters. The van der Waals surface area contributed by atoms with E-state index in [1.54, 1.807) is 6.20 Å². The van der Waals surface area contributed by atoms with Crippen molar-refractivity contribution in [2.24, 2.45) is 5.73 Å². The molecule has 2 N–H and O–H groups in total. The maximum atomic E-state index is 6.20. The Kier molecular flexibility index (Phi) is 5.55. The molecule has 0 aliphatic rings. The highest BCUT2D eigenvalue weighted by Crippen LogP contribution is 2.41. The van der Waals surface area contributed by atoms with Crippen molar-refractivity contribution in [2.45, 2.75) is 6.42 Å². The van der Waals surface area contributed by atoms with Gasteiger partial charge in [-0.15, -0.1) is 0 Å². The number of nitrogens with two attached hydrogens (primary N) is 1. The molecule has 0 amide bonds. The van der Waals surface area contributed by atoms with Crippen LogP contribution in [-0.4, -0.2) is 0 Å². The summed E-state index contributed by atoms with van der Waals surface area (Å²) in [5, 5.41) is 4.91. The molecule has 154 valence electrons. The van der Waals surface area contributed by atoms with E-state index in [1.807, 2.05) is 6.07 Å². The van der Waals surface area contributed by atoms with Crippen molar-refractivity contribution in [3.63, 3.8) is 0 Å². The minimum Gasteiger partial charge on any atom is -0.404 e. The topological polar surface area (TPSA) is 26.0 Å². The van der Waals surface area contributed by atoms with E-state index in [4.69, 9.17) is 5.73 Å². The zero-order valence-corrected chi connectivity index (χ0v) is 17.9. The molecule has 5 rings (SSSR count). The number of benzene rings is 5. The second kappa shape index (κ2) is 8.95. The molecule has 0 aliphatic carbocycles. The fraction of sp³-hybridized carbons (Fsp3) is 0.0323. The van der Waals surface area contributed by atoms with Crippen molar-refractivity contribution in [3.8, 4) is 11.1 Å². The highest BCUT2D eigenvalue weighted by Gasteiger charge is 2.16. The number of allylic oxidation sites excluding steroid dienone is 3. The Morgan fingerprint density at radius 2 is 1.09 bits per heavy atom. The summed E-state index contributed by atoms with van der Waals surface area (Å²) in [5.74, 6) is 0. The lowest BCUT2D eigenvalue weighted by molar-refractivity contribution is 1.27. The molecular weight excluding hydrogens is 386 g/mol. The molecule has 0 saturated heterocycles. The van der Waals surface area contributed by atoms with Crippen LogP contribution in [-0.2, 0) is 6.42 Å². The third-order valence-electron chi connectivity index (χ3n) is 5.96. The third kappa shape index (κ3) is 3.70.